The van der Waals surface area contributed by atoms with Crippen LogP contribution in [0.15, 0.2) is 29.3 Å². The standard InChI is InChI=1S/C13H14ClNO2S/c1-2-17-12(16)7-11-8-18-13(15-11)9-3-5-10(14)6-4-9/h3-6,11H,2,7-8H2,1H3. The first-order valence-corrected chi connectivity index (χ1v) is 7.17. The van der Waals surface area contributed by atoms with Gasteiger partial charge in [-0.2, -0.15) is 0 Å². The normalized spacial score (nSPS) is 18.6. The van der Waals surface area contributed by atoms with Gasteiger partial charge in [-0.1, -0.05) is 23.7 Å². The minimum Gasteiger partial charge on any atom is -0.466 e. The number of rotatable bonds is 4. The molecule has 0 saturated carbocycles. The van der Waals surface area contributed by atoms with Crippen molar-refractivity contribution in [3.05, 3.63) is 34.9 Å². The molecule has 2 rings (SSSR count). The Kier molecular flexibility index (Phi) is 4.66. The number of carbonyl (C=O) groups excluding carboxylic acids is 1. The van der Waals surface area contributed by atoms with Gasteiger partial charge in [0.2, 0.25) is 0 Å². The Morgan fingerprint density at radius 2 is 2.22 bits per heavy atom. The van der Waals surface area contributed by atoms with Crippen LogP contribution in [0, 0.1) is 0 Å². The molecule has 1 aromatic carbocycles. The maximum Gasteiger partial charge on any atom is 0.307 e. The Hall–Kier alpha value is -1.00. The number of benzene rings is 1. The van der Waals surface area contributed by atoms with Gasteiger partial charge in [-0.05, 0) is 19.1 Å². The van der Waals surface area contributed by atoms with Gasteiger partial charge in [-0.3, -0.25) is 9.79 Å². The van der Waals surface area contributed by atoms with E-state index in [1.165, 1.54) is 0 Å². The zero-order valence-corrected chi connectivity index (χ0v) is 11.6. The van der Waals surface area contributed by atoms with E-state index in [1.807, 2.05) is 31.2 Å². The van der Waals surface area contributed by atoms with Gasteiger partial charge in [0.1, 0.15) is 0 Å². The lowest BCUT2D eigenvalue weighted by Crippen LogP contribution is -2.14. The van der Waals surface area contributed by atoms with Gasteiger partial charge in [0.25, 0.3) is 0 Å². The largest absolute Gasteiger partial charge is 0.466 e. The SMILES string of the molecule is CCOC(=O)CC1CSC(c2ccc(Cl)cc2)=N1. The molecule has 5 heteroatoms. The van der Waals surface area contributed by atoms with Crippen molar-refractivity contribution in [3.63, 3.8) is 0 Å². The highest BCUT2D eigenvalue weighted by Gasteiger charge is 2.22. The van der Waals surface area contributed by atoms with E-state index in [1.54, 1.807) is 11.8 Å². The summed E-state index contributed by atoms with van der Waals surface area (Å²) >= 11 is 7.51. The van der Waals surface area contributed by atoms with E-state index < -0.39 is 0 Å². The van der Waals surface area contributed by atoms with Crippen LogP contribution in [0.5, 0.6) is 0 Å². The molecule has 96 valence electrons. The van der Waals surface area contributed by atoms with E-state index in [-0.39, 0.29) is 12.0 Å². The topological polar surface area (TPSA) is 38.7 Å². The lowest BCUT2D eigenvalue weighted by Gasteiger charge is -2.04. The number of hydrogen-bond acceptors (Lipinski definition) is 4. The number of carbonyl (C=O) groups is 1. The Labute approximate surface area is 116 Å². The molecule has 0 amide bonds. The van der Waals surface area contributed by atoms with Crippen molar-refractivity contribution in [2.75, 3.05) is 12.4 Å². The summed E-state index contributed by atoms with van der Waals surface area (Å²) in [5.74, 6) is 0.653. The Balaban J connectivity index is 1.99. The lowest BCUT2D eigenvalue weighted by molar-refractivity contribution is -0.143. The minimum absolute atomic E-state index is 0.0275. The Bertz CT molecular complexity index is 459. The highest BCUT2D eigenvalue weighted by atomic mass is 35.5. The molecule has 0 saturated heterocycles. The third-order valence-corrected chi connectivity index (χ3v) is 3.93. The summed E-state index contributed by atoms with van der Waals surface area (Å²) in [5, 5.41) is 1.69. The average Bonchev–Trinajstić information content (AvgIpc) is 2.78. The van der Waals surface area contributed by atoms with Crippen molar-refractivity contribution in [2.45, 2.75) is 19.4 Å². The van der Waals surface area contributed by atoms with Gasteiger partial charge in [-0.15, -0.1) is 11.8 Å². The van der Waals surface area contributed by atoms with E-state index in [2.05, 4.69) is 4.99 Å². The summed E-state index contributed by atoms with van der Waals surface area (Å²) in [5.41, 5.74) is 1.05. The van der Waals surface area contributed by atoms with E-state index in [0.717, 1.165) is 16.4 Å². The van der Waals surface area contributed by atoms with Crippen molar-refractivity contribution in [1.82, 2.24) is 0 Å². The second-order valence-corrected chi connectivity index (χ2v) is 5.36. The molecule has 1 unspecified atom stereocenters. The molecule has 1 atom stereocenters. The van der Waals surface area contributed by atoms with Gasteiger partial charge in [0, 0.05) is 16.3 Å². The van der Waals surface area contributed by atoms with E-state index in [9.17, 15) is 4.79 Å². The molecule has 0 aliphatic carbocycles. The number of esters is 1. The fourth-order valence-corrected chi connectivity index (χ4v) is 2.88. The Morgan fingerprint density at radius 3 is 2.89 bits per heavy atom. The maximum atomic E-state index is 11.4. The highest BCUT2D eigenvalue weighted by Crippen LogP contribution is 2.26. The maximum absolute atomic E-state index is 11.4. The molecule has 0 aromatic heterocycles. The molecule has 3 nitrogen and oxygen atoms in total. The molecule has 1 heterocycles. The van der Waals surface area contributed by atoms with Crippen LogP contribution in [-0.2, 0) is 9.53 Å². The fourth-order valence-electron chi connectivity index (χ4n) is 1.68. The summed E-state index contributed by atoms with van der Waals surface area (Å²) in [6, 6.07) is 7.61. The third kappa shape index (κ3) is 3.50. The van der Waals surface area contributed by atoms with E-state index >= 15 is 0 Å². The second kappa shape index (κ2) is 6.25. The molecule has 1 aliphatic rings. The molecule has 0 fully saturated rings. The van der Waals surface area contributed by atoms with Crippen molar-refractivity contribution >= 4 is 34.4 Å². The molecule has 0 bridgehead atoms. The summed E-state index contributed by atoms with van der Waals surface area (Å²) in [6.45, 7) is 2.23. The van der Waals surface area contributed by atoms with Crippen LogP contribution in [0.4, 0.5) is 0 Å². The van der Waals surface area contributed by atoms with Gasteiger partial charge in [-0.25, -0.2) is 0 Å². The first-order valence-electron chi connectivity index (χ1n) is 5.81. The van der Waals surface area contributed by atoms with Crippen LogP contribution < -0.4 is 0 Å². The van der Waals surface area contributed by atoms with Crippen LogP contribution in [-0.4, -0.2) is 29.4 Å². The molecule has 0 spiro atoms. The Morgan fingerprint density at radius 1 is 1.50 bits per heavy atom. The number of hydrogen-bond donors (Lipinski definition) is 0. The van der Waals surface area contributed by atoms with Crippen LogP contribution in [0.2, 0.25) is 5.02 Å². The minimum atomic E-state index is -0.177. The zero-order valence-electron chi connectivity index (χ0n) is 10.1. The van der Waals surface area contributed by atoms with Crippen LogP contribution in [0.3, 0.4) is 0 Å². The quantitative estimate of drug-likeness (QED) is 0.797. The van der Waals surface area contributed by atoms with E-state index in [4.69, 9.17) is 16.3 Å². The number of nitrogens with zero attached hydrogens (tertiary/aromatic N) is 1. The summed E-state index contributed by atoms with van der Waals surface area (Å²) < 4.78 is 4.93. The van der Waals surface area contributed by atoms with Gasteiger partial charge >= 0.3 is 5.97 Å². The molecule has 1 aromatic rings. The van der Waals surface area contributed by atoms with Gasteiger partial charge in [0.15, 0.2) is 0 Å². The third-order valence-electron chi connectivity index (χ3n) is 2.51. The van der Waals surface area contributed by atoms with Crippen molar-refractivity contribution in [1.29, 1.82) is 0 Å². The summed E-state index contributed by atoms with van der Waals surface area (Å²) in [4.78, 5) is 15.9. The monoisotopic (exact) mass is 283 g/mol. The van der Waals surface area contributed by atoms with Gasteiger partial charge < -0.3 is 4.74 Å². The van der Waals surface area contributed by atoms with Crippen molar-refractivity contribution in [3.8, 4) is 0 Å². The molecular weight excluding hydrogens is 270 g/mol. The number of aliphatic imine (C=N–C) groups is 1. The smallest absolute Gasteiger partial charge is 0.307 e. The number of thioether (sulfide) groups is 1. The molecule has 0 N–H and O–H groups in total. The van der Waals surface area contributed by atoms with Crippen LogP contribution in [0.25, 0.3) is 0 Å². The summed E-state index contributed by atoms with van der Waals surface area (Å²) in [6.07, 6.45) is 0.359. The van der Waals surface area contributed by atoms with Crippen LogP contribution in [0.1, 0.15) is 18.9 Å². The highest BCUT2D eigenvalue weighted by molar-refractivity contribution is 8.14. The number of ether oxygens (including phenoxy) is 1. The van der Waals surface area contributed by atoms with Crippen molar-refractivity contribution in [2.24, 2.45) is 4.99 Å². The van der Waals surface area contributed by atoms with E-state index in [0.29, 0.717) is 18.1 Å². The molecule has 18 heavy (non-hydrogen) atoms. The predicted molar refractivity (Wildman–Crippen MR) is 75.5 cm³/mol. The second-order valence-electron chi connectivity index (χ2n) is 3.92. The molecule has 1 aliphatic heterocycles. The van der Waals surface area contributed by atoms with Gasteiger partial charge in [0.05, 0.1) is 24.1 Å². The predicted octanol–water partition coefficient (Wildman–Crippen LogP) is 3.16. The summed E-state index contributed by atoms with van der Waals surface area (Å²) in [7, 11) is 0. The fraction of sp³-hybridized carbons (Fsp3) is 0.385. The molecule has 0 radical (unpaired) electrons. The average molecular weight is 284 g/mol. The zero-order chi connectivity index (χ0) is 13.0. The van der Waals surface area contributed by atoms with Crippen LogP contribution >= 0.6 is 23.4 Å². The van der Waals surface area contributed by atoms with Crippen molar-refractivity contribution < 1.29 is 9.53 Å². The first-order chi connectivity index (χ1) is 8.69. The lowest BCUT2D eigenvalue weighted by atomic mass is 10.2. The number of halogens is 1. The first kappa shape index (κ1) is 13.4. The molecular formula is C13H14ClNO2S.